The Kier molecular flexibility index (Phi) is 5.44. The van der Waals surface area contributed by atoms with E-state index in [4.69, 9.17) is 16.6 Å². The van der Waals surface area contributed by atoms with Gasteiger partial charge in [-0.25, -0.2) is 9.97 Å². The summed E-state index contributed by atoms with van der Waals surface area (Å²) in [5, 5.41) is 1.93. The van der Waals surface area contributed by atoms with Crippen molar-refractivity contribution in [3.05, 3.63) is 101 Å². The van der Waals surface area contributed by atoms with Gasteiger partial charge in [-0.1, -0.05) is 66.2 Å². The number of anilines is 1. The Balaban J connectivity index is 1.30. The predicted molar refractivity (Wildman–Crippen MR) is 139 cm³/mol. The molecule has 1 aliphatic heterocycles. The van der Waals surface area contributed by atoms with Gasteiger partial charge < -0.3 is 14.8 Å². The van der Waals surface area contributed by atoms with Gasteiger partial charge in [0.1, 0.15) is 23.4 Å². The lowest BCUT2D eigenvalue weighted by molar-refractivity contribution is -0.926. The van der Waals surface area contributed by atoms with Crippen molar-refractivity contribution in [1.82, 2.24) is 15.0 Å². The molecule has 1 fully saturated rings. The first-order valence-electron chi connectivity index (χ1n) is 11.8. The molecule has 6 heteroatoms. The Morgan fingerprint density at radius 1 is 0.912 bits per heavy atom. The maximum Gasteiger partial charge on any atom is 0.156 e. The van der Waals surface area contributed by atoms with Crippen LogP contribution in [0.4, 0.5) is 5.82 Å². The lowest BCUT2D eigenvalue weighted by Crippen LogP contribution is -3.15. The number of fused-ring (bicyclic) bond motifs is 3. The molecular formula is C28H27ClN5+. The van der Waals surface area contributed by atoms with Crippen LogP contribution in [0.25, 0.3) is 21.9 Å². The average molecular weight is 469 g/mol. The first-order chi connectivity index (χ1) is 16.7. The number of aryl methyl sites for hydroxylation is 1. The summed E-state index contributed by atoms with van der Waals surface area (Å²) in [7, 11) is 0. The van der Waals surface area contributed by atoms with Gasteiger partial charge in [-0.15, -0.1) is 0 Å². The van der Waals surface area contributed by atoms with Gasteiger partial charge >= 0.3 is 0 Å². The number of aromatic nitrogens is 3. The Morgan fingerprint density at radius 3 is 2.41 bits per heavy atom. The smallest absolute Gasteiger partial charge is 0.156 e. The van der Waals surface area contributed by atoms with Crippen LogP contribution in [0.3, 0.4) is 0 Å². The molecule has 0 unspecified atom stereocenters. The van der Waals surface area contributed by atoms with Crippen molar-refractivity contribution in [2.24, 2.45) is 0 Å². The summed E-state index contributed by atoms with van der Waals surface area (Å²) >= 11 is 6.19. The zero-order valence-corrected chi connectivity index (χ0v) is 19.9. The largest absolute Gasteiger partial charge is 0.350 e. The summed E-state index contributed by atoms with van der Waals surface area (Å²) in [6.45, 7) is 6.03. The van der Waals surface area contributed by atoms with E-state index < -0.39 is 0 Å². The molecule has 6 rings (SSSR count). The number of benzene rings is 3. The number of aromatic amines is 1. The lowest BCUT2D eigenvalue weighted by atomic mass is 9.96. The molecule has 5 aromatic rings. The summed E-state index contributed by atoms with van der Waals surface area (Å²) in [5.41, 5.74) is 7.02. The van der Waals surface area contributed by atoms with Gasteiger partial charge in [0, 0.05) is 27.1 Å². The summed E-state index contributed by atoms with van der Waals surface area (Å²) in [5.74, 6) is 1.00. The van der Waals surface area contributed by atoms with Crippen LogP contribution in [0.1, 0.15) is 22.7 Å². The first-order valence-corrected chi connectivity index (χ1v) is 12.2. The second kappa shape index (κ2) is 8.75. The average Bonchev–Trinajstić information content (AvgIpc) is 3.24. The Hall–Kier alpha value is -3.41. The van der Waals surface area contributed by atoms with E-state index in [0.29, 0.717) is 0 Å². The van der Waals surface area contributed by atoms with Crippen molar-refractivity contribution < 1.29 is 4.90 Å². The second-order valence-electron chi connectivity index (χ2n) is 9.14. The van der Waals surface area contributed by atoms with E-state index in [1.165, 1.54) is 16.7 Å². The minimum Gasteiger partial charge on any atom is -0.350 e. The topological polar surface area (TPSA) is 49.2 Å². The normalized spacial score (nSPS) is 15.8. The molecule has 0 radical (unpaired) electrons. The molecule has 0 saturated carbocycles. The Labute approximate surface area is 204 Å². The van der Waals surface area contributed by atoms with Crippen LogP contribution < -0.4 is 9.80 Å². The van der Waals surface area contributed by atoms with Gasteiger partial charge in [-0.2, -0.15) is 0 Å². The molecule has 0 amide bonds. The molecule has 34 heavy (non-hydrogen) atoms. The van der Waals surface area contributed by atoms with E-state index in [9.17, 15) is 0 Å². The van der Waals surface area contributed by atoms with Crippen LogP contribution in [0, 0.1) is 6.92 Å². The first kappa shape index (κ1) is 21.1. The highest BCUT2D eigenvalue weighted by Gasteiger charge is 2.31. The van der Waals surface area contributed by atoms with Crippen LogP contribution in [0.2, 0.25) is 5.02 Å². The monoisotopic (exact) mass is 468 g/mol. The summed E-state index contributed by atoms with van der Waals surface area (Å²) in [6, 6.07) is 25.9. The molecule has 3 heterocycles. The molecule has 5 nitrogen and oxygen atoms in total. The number of quaternary nitrogens is 1. The van der Waals surface area contributed by atoms with E-state index in [0.717, 1.165) is 59.0 Å². The third-order valence-electron chi connectivity index (χ3n) is 6.97. The molecular weight excluding hydrogens is 442 g/mol. The SMILES string of the molecule is Cc1ccc2c(c1)[nH]c1c(N3CC[NH+]([C@@H](c4ccccc4)c4ccc(Cl)cc4)CC3)ncnc12. The van der Waals surface area contributed by atoms with E-state index >= 15 is 0 Å². The van der Waals surface area contributed by atoms with Crippen molar-refractivity contribution in [1.29, 1.82) is 0 Å². The fourth-order valence-electron chi connectivity index (χ4n) is 5.30. The number of hydrogen-bond donors (Lipinski definition) is 2. The minimum atomic E-state index is 0.280. The Bertz CT molecular complexity index is 1440. The molecule has 2 aromatic heterocycles. The highest BCUT2D eigenvalue weighted by atomic mass is 35.5. The minimum absolute atomic E-state index is 0.280. The highest BCUT2D eigenvalue weighted by Crippen LogP contribution is 2.30. The maximum absolute atomic E-state index is 6.19. The van der Waals surface area contributed by atoms with Crippen molar-refractivity contribution in [3.8, 4) is 0 Å². The fourth-order valence-corrected chi connectivity index (χ4v) is 5.42. The molecule has 1 aliphatic rings. The number of hydrogen-bond acceptors (Lipinski definition) is 3. The second-order valence-corrected chi connectivity index (χ2v) is 9.57. The van der Waals surface area contributed by atoms with Crippen LogP contribution in [-0.2, 0) is 0 Å². The number of piperazine rings is 1. The van der Waals surface area contributed by atoms with E-state index in [2.05, 4.69) is 82.5 Å². The predicted octanol–water partition coefficient (Wildman–Crippen LogP) is 4.57. The van der Waals surface area contributed by atoms with Crippen molar-refractivity contribution in [2.45, 2.75) is 13.0 Å². The summed E-state index contributed by atoms with van der Waals surface area (Å²) in [4.78, 5) is 16.9. The zero-order valence-electron chi connectivity index (χ0n) is 19.1. The van der Waals surface area contributed by atoms with Crippen LogP contribution in [0.5, 0.6) is 0 Å². The molecule has 3 aromatic carbocycles. The third kappa shape index (κ3) is 3.81. The quantitative estimate of drug-likeness (QED) is 0.406. The standard InChI is InChI=1S/C28H26ClN5/c1-19-7-12-23-24(17-19)32-26-25(23)30-18-31-28(26)34-15-13-33(14-16-34)27(20-5-3-2-4-6-20)21-8-10-22(29)11-9-21/h2-12,17-18,27,32H,13-16H2,1H3/p+1/t27-/m0/s1. The molecule has 0 aliphatic carbocycles. The summed E-state index contributed by atoms with van der Waals surface area (Å²) in [6.07, 6.45) is 1.70. The van der Waals surface area contributed by atoms with E-state index in [1.807, 2.05) is 12.1 Å². The number of nitrogens with zero attached hydrogens (tertiary/aromatic N) is 3. The number of H-pyrrole nitrogens is 1. The van der Waals surface area contributed by atoms with Gasteiger partial charge in [0.05, 0.1) is 26.2 Å². The van der Waals surface area contributed by atoms with Gasteiger partial charge in [0.25, 0.3) is 0 Å². The van der Waals surface area contributed by atoms with Crippen LogP contribution >= 0.6 is 11.6 Å². The van der Waals surface area contributed by atoms with E-state index in [1.54, 1.807) is 11.2 Å². The summed E-state index contributed by atoms with van der Waals surface area (Å²) < 4.78 is 0. The van der Waals surface area contributed by atoms with Gasteiger partial charge in [0.15, 0.2) is 5.82 Å². The van der Waals surface area contributed by atoms with Gasteiger partial charge in [-0.05, 0) is 30.7 Å². The third-order valence-corrected chi connectivity index (χ3v) is 7.22. The van der Waals surface area contributed by atoms with Gasteiger partial charge in [0.2, 0.25) is 0 Å². The lowest BCUT2D eigenvalue weighted by Gasteiger charge is -2.37. The number of nitrogens with one attached hydrogen (secondary N) is 2. The number of rotatable bonds is 4. The molecule has 0 bridgehead atoms. The molecule has 2 N–H and O–H groups in total. The molecule has 170 valence electrons. The highest BCUT2D eigenvalue weighted by molar-refractivity contribution is 6.30. The Morgan fingerprint density at radius 2 is 1.65 bits per heavy atom. The number of halogens is 1. The van der Waals surface area contributed by atoms with Crippen LogP contribution in [0.15, 0.2) is 79.1 Å². The van der Waals surface area contributed by atoms with Crippen LogP contribution in [-0.4, -0.2) is 41.1 Å². The van der Waals surface area contributed by atoms with Crippen molar-refractivity contribution in [3.63, 3.8) is 0 Å². The molecule has 0 spiro atoms. The maximum atomic E-state index is 6.19. The van der Waals surface area contributed by atoms with Crippen molar-refractivity contribution >= 4 is 39.4 Å². The van der Waals surface area contributed by atoms with E-state index in [-0.39, 0.29) is 6.04 Å². The molecule has 1 saturated heterocycles. The van der Waals surface area contributed by atoms with Gasteiger partial charge in [-0.3, -0.25) is 0 Å². The fraction of sp³-hybridized carbons (Fsp3) is 0.214. The van der Waals surface area contributed by atoms with Crippen molar-refractivity contribution in [2.75, 3.05) is 31.1 Å². The zero-order chi connectivity index (χ0) is 23.1. The molecule has 1 atom stereocenters.